The monoisotopic (exact) mass is 408 g/mol. The van der Waals surface area contributed by atoms with Crippen molar-refractivity contribution in [2.75, 3.05) is 5.32 Å². The molecule has 0 atom stereocenters. The van der Waals surface area contributed by atoms with E-state index in [1.54, 1.807) is 37.3 Å². The van der Waals surface area contributed by atoms with E-state index >= 15 is 0 Å². The van der Waals surface area contributed by atoms with Crippen LogP contribution in [0, 0.1) is 16.0 Å². The minimum absolute atomic E-state index is 0.0557. The Hall–Kier alpha value is -3.55. The predicted molar refractivity (Wildman–Crippen MR) is 114 cm³/mol. The van der Waals surface area contributed by atoms with Gasteiger partial charge in [0.25, 0.3) is 11.6 Å². The van der Waals surface area contributed by atoms with Crippen LogP contribution in [0.5, 0.6) is 0 Å². The predicted octanol–water partition coefficient (Wildman–Crippen LogP) is 4.27. The molecule has 0 spiro atoms. The fraction of sp³-hybridized carbons (Fsp3) is 0.318. The first-order valence-corrected chi connectivity index (χ1v) is 9.95. The molecule has 0 aromatic heterocycles. The maximum Gasteiger partial charge on any atom is 0.282 e. The molecule has 1 aliphatic carbocycles. The molecule has 2 aromatic rings. The van der Waals surface area contributed by atoms with E-state index in [-0.39, 0.29) is 23.1 Å². The van der Waals surface area contributed by atoms with Gasteiger partial charge >= 0.3 is 0 Å². The number of anilines is 1. The molecule has 0 bridgehead atoms. The van der Waals surface area contributed by atoms with E-state index in [4.69, 9.17) is 0 Å². The third kappa shape index (κ3) is 5.28. The van der Waals surface area contributed by atoms with Crippen LogP contribution < -0.4 is 10.7 Å². The first kappa shape index (κ1) is 21.2. The number of hydrazone groups is 1. The second-order valence-corrected chi connectivity index (χ2v) is 7.31. The largest absolute Gasteiger partial charge is 0.326 e. The molecule has 0 heterocycles. The number of carbonyl (C=O) groups excluding carboxylic acids is 2. The van der Waals surface area contributed by atoms with E-state index in [0.717, 1.165) is 31.2 Å². The number of amides is 2. The molecule has 1 saturated carbocycles. The molecule has 0 aliphatic heterocycles. The summed E-state index contributed by atoms with van der Waals surface area (Å²) in [5.41, 5.74) is 4.03. The van der Waals surface area contributed by atoms with Gasteiger partial charge in [0.2, 0.25) is 5.91 Å². The van der Waals surface area contributed by atoms with Crippen molar-refractivity contribution < 1.29 is 14.5 Å². The Morgan fingerprint density at radius 1 is 1.03 bits per heavy atom. The van der Waals surface area contributed by atoms with Gasteiger partial charge in [-0.3, -0.25) is 19.7 Å². The summed E-state index contributed by atoms with van der Waals surface area (Å²) >= 11 is 0. The van der Waals surface area contributed by atoms with Gasteiger partial charge in [-0.1, -0.05) is 43.5 Å². The van der Waals surface area contributed by atoms with Crippen molar-refractivity contribution >= 4 is 28.9 Å². The van der Waals surface area contributed by atoms with Crippen molar-refractivity contribution in [2.24, 2.45) is 11.0 Å². The van der Waals surface area contributed by atoms with Crippen molar-refractivity contribution in [3.8, 4) is 0 Å². The Balaban J connectivity index is 1.62. The highest BCUT2D eigenvalue weighted by Crippen LogP contribution is 2.25. The lowest BCUT2D eigenvalue weighted by atomic mass is 9.88. The Labute approximate surface area is 174 Å². The number of hydrogen-bond donors (Lipinski definition) is 2. The lowest BCUT2D eigenvalue weighted by Crippen LogP contribution is -2.24. The van der Waals surface area contributed by atoms with Crippen molar-refractivity contribution in [3.05, 3.63) is 69.8 Å². The number of hydrogen-bond acceptors (Lipinski definition) is 5. The number of benzene rings is 2. The summed E-state index contributed by atoms with van der Waals surface area (Å²) in [5, 5.41) is 18.1. The van der Waals surface area contributed by atoms with Crippen molar-refractivity contribution in [1.29, 1.82) is 0 Å². The minimum atomic E-state index is -0.655. The molecule has 2 aromatic carbocycles. The zero-order chi connectivity index (χ0) is 21.5. The van der Waals surface area contributed by atoms with Crippen molar-refractivity contribution in [3.63, 3.8) is 0 Å². The second-order valence-electron chi connectivity index (χ2n) is 7.31. The van der Waals surface area contributed by atoms with Gasteiger partial charge < -0.3 is 5.32 Å². The number of nitro benzene ring substituents is 1. The summed E-state index contributed by atoms with van der Waals surface area (Å²) in [6.07, 6.45) is 5.28. The van der Waals surface area contributed by atoms with Gasteiger partial charge in [-0.2, -0.15) is 5.10 Å². The van der Waals surface area contributed by atoms with Crippen LogP contribution in [0.15, 0.2) is 53.6 Å². The normalized spacial score (nSPS) is 14.8. The lowest BCUT2D eigenvalue weighted by Gasteiger charge is -2.20. The van der Waals surface area contributed by atoms with Crippen LogP contribution in [0.4, 0.5) is 11.4 Å². The average Bonchev–Trinajstić information content (AvgIpc) is 2.78. The summed E-state index contributed by atoms with van der Waals surface area (Å²) in [7, 11) is 0. The molecule has 30 heavy (non-hydrogen) atoms. The molecular formula is C22H24N4O4. The van der Waals surface area contributed by atoms with E-state index in [0.29, 0.717) is 11.4 Å². The maximum atomic E-state index is 12.3. The van der Waals surface area contributed by atoms with Gasteiger partial charge in [0, 0.05) is 17.7 Å². The zero-order valence-corrected chi connectivity index (χ0v) is 16.8. The molecule has 1 fully saturated rings. The second kappa shape index (κ2) is 9.78. The number of nitrogens with one attached hydrogen (secondary N) is 2. The van der Waals surface area contributed by atoms with Gasteiger partial charge in [0.05, 0.1) is 10.6 Å². The molecule has 0 unspecified atom stereocenters. The van der Waals surface area contributed by atoms with Crippen LogP contribution in [0.1, 0.15) is 54.9 Å². The minimum Gasteiger partial charge on any atom is -0.326 e. The molecule has 8 nitrogen and oxygen atoms in total. The van der Waals surface area contributed by atoms with Gasteiger partial charge in [0.15, 0.2) is 0 Å². The van der Waals surface area contributed by atoms with E-state index in [2.05, 4.69) is 15.8 Å². The van der Waals surface area contributed by atoms with Gasteiger partial charge in [-0.05, 0) is 43.5 Å². The van der Waals surface area contributed by atoms with Crippen LogP contribution in [0.2, 0.25) is 0 Å². The zero-order valence-electron chi connectivity index (χ0n) is 16.8. The third-order valence-electron chi connectivity index (χ3n) is 5.22. The van der Waals surface area contributed by atoms with Crippen LogP contribution in [-0.4, -0.2) is 22.4 Å². The maximum absolute atomic E-state index is 12.3. The van der Waals surface area contributed by atoms with Crippen LogP contribution in [0.25, 0.3) is 0 Å². The summed E-state index contributed by atoms with van der Waals surface area (Å²) < 4.78 is 0. The quantitative estimate of drug-likeness (QED) is 0.422. The van der Waals surface area contributed by atoms with Crippen molar-refractivity contribution in [1.82, 2.24) is 5.43 Å². The number of carbonyl (C=O) groups is 2. The molecule has 3 rings (SSSR count). The summed E-state index contributed by atoms with van der Waals surface area (Å²) in [6.45, 7) is 1.72. The fourth-order valence-corrected chi connectivity index (χ4v) is 3.49. The van der Waals surface area contributed by atoms with E-state index < -0.39 is 10.8 Å². The topological polar surface area (TPSA) is 114 Å². The van der Waals surface area contributed by atoms with Crippen LogP contribution in [0.3, 0.4) is 0 Å². The molecule has 2 N–H and O–H groups in total. The molecular weight excluding hydrogens is 384 g/mol. The highest BCUT2D eigenvalue weighted by molar-refractivity contribution is 6.02. The van der Waals surface area contributed by atoms with Crippen molar-refractivity contribution in [2.45, 2.75) is 39.0 Å². The summed E-state index contributed by atoms with van der Waals surface area (Å²) in [5.74, 6) is -0.512. The van der Waals surface area contributed by atoms with Gasteiger partial charge in [-0.25, -0.2) is 5.43 Å². The first-order chi connectivity index (χ1) is 14.5. The summed E-state index contributed by atoms with van der Waals surface area (Å²) in [6, 6.07) is 12.9. The third-order valence-corrected chi connectivity index (χ3v) is 5.22. The highest BCUT2D eigenvalue weighted by atomic mass is 16.6. The lowest BCUT2D eigenvalue weighted by molar-refractivity contribution is -0.385. The van der Waals surface area contributed by atoms with Crippen LogP contribution >= 0.6 is 0 Å². The smallest absolute Gasteiger partial charge is 0.282 e. The van der Waals surface area contributed by atoms with E-state index in [1.165, 1.54) is 24.6 Å². The van der Waals surface area contributed by atoms with Crippen LogP contribution in [-0.2, 0) is 4.79 Å². The highest BCUT2D eigenvalue weighted by Gasteiger charge is 2.21. The molecule has 2 amide bonds. The number of nitro groups is 1. The molecule has 156 valence electrons. The van der Waals surface area contributed by atoms with Gasteiger partial charge in [-0.15, -0.1) is 0 Å². The standard InChI is InChI=1S/C22H24N4O4/c1-15(24-25-22(28)19-9-5-6-10-20(19)26(29)30)16-11-13-18(14-12-16)23-21(27)17-7-3-2-4-8-17/h5-6,9-14,17H,2-4,7-8H2,1H3,(H,23,27)(H,25,28)/b24-15+. The Kier molecular flexibility index (Phi) is 6.90. The summed E-state index contributed by atoms with van der Waals surface area (Å²) in [4.78, 5) is 35.1. The number of nitrogens with zero attached hydrogens (tertiary/aromatic N) is 2. The Morgan fingerprint density at radius 2 is 1.70 bits per heavy atom. The average molecular weight is 408 g/mol. The Bertz CT molecular complexity index is 963. The Morgan fingerprint density at radius 3 is 2.37 bits per heavy atom. The molecule has 1 aliphatic rings. The SMILES string of the molecule is C/C(=N\NC(=O)c1ccccc1[N+](=O)[O-])c1ccc(NC(=O)C2CCCCC2)cc1. The molecule has 0 radical (unpaired) electrons. The molecule has 0 saturated heterocycles. The first-order valence-electron chi connectivity index (χ1n) is 9.95. The van der Waals surface area contributed by atoms with E-state index in [1.807, 2.05) is 0 Å². The molecule has 8 heteroatoms. The number of para-hydroxylation sites is 1. The fourth-order valence-electron chi connectivity index (χ4n) is 3.49. The van der Waals surface area contributed by atoms with Gasteiger partial charge in [0.1, 0.15) is 5.56 Å². The van der Waals surface area contributed by atoms with E-state index in [9.17, 15) is 19.7 Å². The number of rotatable bonds is 6.